The highest BCUT2D eigenvalue weighted by Gasteiger charge is 2.03. The van der Waals surface area contributed by atoms with Crippen LogP contribution in [-0.2, 0) is 0 Å². The van der Waals surface area contributed by atoms with Crippen LogP contribution in [0.2, 0.25) is 5.15 Å². The first-order chi connectivity index (χ1) is 5.79. The smallest absolute Gasteiger partial charge is 0.158 e. The Balaban J connectivity index is 2.94. The van der Waals surface area contributed by atoms with Crippen LogP contribution in [0, 0.1) is 0 Å². The molecule has 0 saturated heterocycles. The molecule has 0 bridgehead atoms. The Hall–Kier alpha value is -0.740. The Morgan fingerprint density at radius 2 is 2.00 bits per heavy atom. The minimum atomic E-state index is 0.376. The zero-order valence-electron chi connectivity index (χ0n) is 5.83. The molecule has 0 amide bonds. The van der Waals surface area contributed by atoms with Crippen molar-refractivity contribution in [2.75, 3.05) is 0 Å². The molecule has 0 unspecified atom stereocenters. The van der Waals surface area contributed by atoms with Crippen LogP contribution in [0.3, 0.4) is 0 Å². The summed E-state index contributed by atoms with van der Waals surface area (Å²) in [6.45, 7) is 0. The van der Waals surface area contributed by atoms with E-state index in [1.807, 2.05) is 6.07 Å². The second-order valence-corrected chi connectivity index (χ2v) is 3.37. The lowest BCUT2D eigenvalue weighted by atomic mass is 10.4. The minimum absolute atomic E-state index is 0.376. The van der Waals surface area contributed by atoms with Crippen LogP contribution in [0.15, 0.2) is 23.1 Å². The minimum Gasteiger partial charge on any atom is -0.251 e. The van der Waals surface area contributed by atoms with E-state index in [2.05, 4.69) is 30.9 Å². The van der Waals surface area contributed by atoms with Crippen LogP contribution >= 0.6 is 27.5 Å². The molecular formula is C7H3BrClN3. The Labute approximate surface area is 81.9 Å². The van der Waals surface area contributed by atoms with Gasteiger partial charge in [0.15, 0.2) is 5.15 Å². The van der Waals surface area contributed by atoms with Gasteiger partial charge in [-0.2, -0.15) is 0 Å². The molecule has 2 aromatic rings. The lowest BCUT2D eigenvalue weighted by molar-refractivity contribution is 1.19. The SMILES string of the molecule is Clc1ncnc2c(Br)ccnc12. The highest BCUT2D eigenvalue weighted by atomic mass is 79.9. The molecule has 2 rings (SSSR count). The van der Waals surface area contributed by atoms with Crippen LogP contribution in [-0.4, -0.2) is 15.0 Å². The maximum atomic E-state index is 5.79. The number of halogens is 2. The lowest BCUT2D eigenvalue weighted by Gasteiger charge is -1.97. The van der Waals surface area contributed by atoms with E-state index < -0.39 is 0 Å². The molecule has 0 fully saturated rings. The molecule has 2 heterocycles. The predicted molar refractivity (Wildman–Crippen MR) is 50.0 cm³/mol. The normalized spacial score (nSPS) is 10.5. The van der Waals surface area contributed by atoms with Crippen molar-refractivity contribution in [2.24, 2.45) is 0 Å². The molecule has 0 aliphatic rings. The second kappa shape index (κ2) is 2.95. The number of fused-ring (bicyclic) bond motifs is 1. The van der Waals surface area contributed by atoms with Gasteiger partial charge in [0.25, 0.3) is 0 Å². The van der Waals surface area contributed by atoms with Gasteiger partial charge in [0.05, 0.1) is 0 Å². The maximum Gasteiger partial charge on any atom is 0.158 e. The summed E-state index contributed by atoms with van der Waals surface area (Å²) < 4.78 is 0.872. The third kappa shape index (κ3) is 1.17. The second-order valence-electron chi connectivity index (χ2n) is 2.15. The zero-order valence-corrected chi connectivity index (χ0v) is 8.17. The number of nitrogens with zero attached hydrogens (tertiary/aromatic N) is 3. The summed E-state index contributed by atoms with van der Waals surface area (Å²) in [6, 6.07) is 1.81. The first kappa shape index (κ1) is 7.89. The molecule has 0 radical (unpaired) electrons. The molecule has 0 atom stereocenters. The Bertz CT molecular complexity index is 391. The fourth-order valence-corrected chi connectivity index (χ4v) is 1.49. The highest BCUT2D eigenvalue weighted by molar-refractivity contribution is 9.10. The van der Waals surface area contributed by atoms with Gasteiger partial charge in [0, 0.05) is 10.7 Å². The van der Waals surface area contributed by atoms with Gasteiger partial charge in [-0.25, -0.2) is 9.97 Å². The number of aromatic nitrogens is 3. The number of hydrogen-bond donors (Lipinski definition) is 0. The molecule has 2 aromatic heterocycles. The monoisotopic (exact) mass is 243 g/mol. The summed E-state index contributed by atoms with van der Waals surface area (Å²) in [6.07, 6.45) is 3.07. The Morgan fingerprint density at radius 3 is 2.75 bits per heavy atom. The summed E-state index contributed by atoms with van der Waals surface area (Å²) in [4.78, 5) is 11.9. The van der Waals surface area contributed by atoms with Crippen LogP contribution in [0.25, 0.3) is 11.0 Å². The molecular weight excluding hydrogens is 241 g/mol. The Morgan fingerprint density at radius 1 is 1.17 bits per heavy atom. The highest BCUT2D eigenvalue weighted by Crippen LogP contribution is 2.22. The topological polar surface area (TPSA) is 38.7 Å². The number of pyridine rings is 1. The van der Waals surface area contributed by atoms with Crippen molar-refractivity contribution in [1.82, 2.24) is 15.0 Å². The van der Waals surface area contributed by atoms with Crippen LogP contribution in [0.4, 0.5) is 0 Å². The molecule has 0 aromatic carbocycles. The number of rotatable bonds is 0. The van der Waals surface area contributed by atoms with E-state index >= 15 is 0 Å². The average molecular weight is 244 g/mol. The van der Waals surface area contributed by atoms with Gasteiger partial charge >= 0.3 is 0 Å². The molecule has 5 heteroatoms. The fraction of sp³-hybridized carbons (Fsp3) is 0. The van der Waals surface area contributed by atoms with Gasteiger partial charge < -0.3 is 0 Å². The van der Waals surface area contributed by atoms with Crippen LogP contribution in [0.5, 0.6) is 0 Å². The molecule has 0 aliphatic carbocycles. The third-order valence-electron chi connectivity index (χ3n) is 1.43. The van der Waals surface area contributed by atoms with Gasteiger partial charge in [0.2, 0.25) is 0 Å². The summed E-state index contributed by atoms with van der Waals surface area (Å²) in [5.41, 5.74) is 1.35. The van der Waals surface area contributed by atoms with Gasteiger partial charge in [-0.05, 0) is 22.0 Å². The molecule has 12 heavy (non-hydrogen) atoms. The van der Waals surface area contributed by atoms with Gasteiger partial charge in [0.1, 0.15) is 17.4 Å². The lowest BCUT2D eigenvalue weighted by Crippen LogP contribution is -1.87. The maximum absolute atomic E-state index is 5.79. The predicted octanol–water partition coefficient (Wildman–Crippen LogP) is 2.44. The van der Waals surface area contributed by atoms with Crippen molar-refractivity contribution in [1.29, 1.82) is 0 Å². The van der Waals surface area contributed by atoms with Gasteiger partial charge in [-0.1, -0.05) is 11.6 Å². The zero-order chi connectivity index (χ0) is 8.55. The van der Waals surface area contributed by atoms with Crippen molar-refractivity contribution in [2.45, 2.75) is 0 Å². The molecule has 0 saturated carbocycles. The van der Waals surface area contributed by atoms with Crippen molar-refractivity contribution in [3.63, 3.8) is 0 Å². The summed E-state index contributed by atoms with van der Waals surface area (Å²) in [5.74, 6) is 0. The van der Waals surface area contributed by atoms with E-state index in [0.29, 0.717) is 10.7 Å². The fourth-order valence-electron chi connectivity index (χ4n) is 0.903. The van der Waals surface area contributed by atoms with E-state index in [0.717, 1.165) is 9.99 Å². The largest absolute Gasteiger partial charge is 0.251 e. The van der Waals surface area contributed by atoms with Crippen molar-refractivity contribution < 1.29 is 0 Å². The van der Waals surface area contributed by atoms with Crippen molar-refractivity contribution in [3.8, 4) is 0 Å². The van der Waals surface area contributed by atoms with E-state index in [9.17, 15) is 0 Å². The number of hydrogen-bond acceptors (Lipinski definition) is 3. The van der Waals surface area contributed by atoms with E-state index in [4.69, 9.17) is 11.6 Å². The van der Waals surface area contributed by atoms with E-state index in [1.54, 1.807) is 6.20 Å². The van der Waals surface area contributed by atoms with E-state index in [1.165, 1.54) is 6.33 Å². The van der Waals surface area contributed by atoms with E-state index in [-0.39, 0.29) is 0 Å². The van der Waals surface area contributed by atoms with Crippen molar-refractivity contribution >= 4 is 38.6 Å². The molecule has 0 N–H and O–H groups in total. The molecule has 3 nitrogen and oxygen atoms in total. The molecule has 60 valence electrons. The summed E-state index contributed by atoms with van der Waals surface area (Å²) in [5, 5.41) is 0.376. The summed E-state index contributed by atoms with van der Waals surface area (Å²) in [7, 11) is 0. The van der Waals surface area contributed by atoms with Gasteiger partial charge in [-0.15, -0.1) is 0 Å². The van der Waals surface area contributed by atoms with Crippen molar-refractivity contribution in [3.05, 3.63) is 28.2 Å². The first-order valence-corrected chi connectivity index (χ1v) is 4.37. The molecule has 0 spiro atoms. The van der Waals surface area contributed by atoms with Gasteiger partial charge in [-0.3, -0.25) is 4.98 Å². The third-order valence-corrected chi connectivity index (χ3v) is 2.34. The quantitative estimate of drug-likeness (QED) is 0.668. The van der Waals surface area contributed by atoms with Crippen LogP contribution < -0.4 is 0 Å². The standard InChI is InChI=1S/C7H3BrClN3/c8-4-1-2-10-6-5(4)11-3-12-7(6)9/h1-3H. The Kier molecular flexibility index (Phi) is 1.94. The first-order valence-electron chi connectivity index (χ1n) is 3.20. The molecule has 0 aliphatic heterocycles. The van der Waals surface area contributed by atoms with Crippen LogP contribution in [0.1, 0.15) is 0 Å². The average Bonchev–Trinajstić information content (AvgIpc) is 2.07. The summed E-state index contributed by atoms with van der Waals surface area (Å²) >= 11 is 9.14.